The lowest BCUT2D eigenvalue weighted by molar-refractivity contribution is -0.135. The number of nitrogens with one attached hydrogen (secondary N) is 1. The maximum absolute atomic E-state index is 13.2. The quantitative estimate of drug-likeness (QED) is 0.774. The van der Waals surface area contributed by atoms with Crippen molar-refractivity contribution in [3.63, 3.8) is 0 Å². The van der Waals surface area contributed by atoms with Crippen LogP contribution in [0.1, 0.15) is 56.3 Å². The van der Waals surface area contributed by atoms with Gasteiger partial charge in [0.25, 0.3) is 0 Å². The van der Waals surface area contributed by atoms with Crippen molar-refractivity contribution in [3.8, 4) is 0 Å². The Morgan fingerprint density at radius 3 is 2.72 bits per heavy atom. The molecule has 1 N–H and O–H groups in total. The van der Waals surface area contributed by atoms with Crippen molar-refractivity contribution in [2.45, 2.75) is 63.6 Å². The van der Waals surface area contributed by atoms with Gasteiger partial charge in [0, 0.05) is 48.4 Å². The van der Waals surface area contributed by atoms with Crippen LogP contribution in [-0.4, -0.2) is 33.4 Å². The molecule has 1 aromatic carbocycles. The summed E-state index contributed by atoms with van der Waals surface area (Å²) in [5, 5.41) is 3.88. The number of fused-ring (bicyclic) bond motifs is 1. The summed E-state index contributed by atoms with van der Waals surface area (Å²) in [7, 11) is 0. The van der Waals surface area contributed by atoms with E-state index in [-0.39, 0.29) is 23.4 Å². The molecule has 29 heavy (non-hydrogen) atoms. The molecule has 5 nitrogen and oxygen atoms in total. The molecule has 0 saturated carbocycles. The van der Waals surface area contributed by atoms with Crippen molar-refractivity contribution in [3.05, 3.63) is 58.9 Å². The zero-order chi connectivity index (χ0) is 20.4. The Kier molecular flexibility index (Phi) is 5.68. The number of benzene rings is 1. The minimum Gasteiger partial charge on any atom is -0.350 e. The second kappa shape index (κ2) is 8.23. The van der Waals surface area contributed by atoms with Gasteiger partial charge in [-0.2, -0.15) is 0 Å². The van der Waals surface area contributed by atoms with Gasteiger partial charge in [-0.1, -0.05) is 30.7 Å². The van der Waals surface area contributed by atoms with Crippen molar-refractivity contribution >= 4 is 23.4 Å². The normalized spacial score (nSPS) is 23.7. The molecule has 154 valence electrons. The monoisotopic (exact) mass is 413 g/mol. The van der Waals surface area contributed by atoms with Crippen LogP contribution in [-0.2, 0) is 22.6 Å². The van der Waals surface area contributed by atoms with Crippen molar-refractivity contribution < 1.29 is 9.59 Å². The van der Waals surface area contributed by atoms with Crippen LogP contribution in [0.2, 0.25) is 5.02 Å². The smallest absolute Gasteiger partial charge is 0.223 e. The lowest BCUT2D eigenvalue weighted by Crippen LogP contribution is -2.46. The number of rotatable bonds is 6. The summed E-state index contributed by atoms with van der Waals surface area (Å²) < 4.78 is 2.25. The van der Waals surface area contributed by atoms with E-state index >= 15 is 0 Å². The van der Waals surface area contributed by atoms with Gasteiger partial charge in [0.05, 0.1) is 6.04 Å². The molecular weight excluding hydrogens is 386 g/mol. The topological polar surface area (TPSA) is 54.3 Å². The van der Waals surface area contributed by atoms with Gasteiger partial charge in [-0.15, -0.1) is 0 Å². The summed E-state index contributed by atoms with van der Waals surface area (Å²) in [5.74, 6) is 0.259. The fraction of sp³-hybridized carbons (Fsp3) is 0.478. The van der Waals surface area contributed by atoms with Crippen molar-refractivity contribution in [2.75, 3.05) is 6.54 Å². The summed E-state index contributed by atoms with van der Waals surface area (Å²) >= 11 is 6.01. The van der Waals surface area contributed by atoms with E-state index in [0.717, 1.165) is 37.9 Å². The first kappa shape index (κ1) is 20.0. The van der Waals surface area contributed by atoms with E-state index in [1.807, 2.05) is 29.2 Å². The number of carbonyl (C=O) groups excluding carboxylic acids is 2. The summed E-state index contributed by atoms with van der Waals surface area (Å²) in [6.45, 7) is 3.72. The second-order valence-corrected chi connectivity index (χ2v) is 8.71. The molecular formula is C23H28ClN3O2. The first-order chi connectivity index (χ1) is 14.0. The molecule has 2 atom stereocenters. The number of amides is 2. The van der Waals surface area contributed by atoms with E-state index < -0.39 is 0 Å². The van der Waals surface area contributed by atoms with E-state index in [4.69, 9.17) is 11.6 Å². The molecule has 2 aliphatic heterocycles. The molecule has 2 amide bonds. The van der Waals surface area contributed by atoms with Crippen LogP contribution in [0, 0.1) is 0 Å². The van der Waals surface area contributed by atoms with E-state index in [9.17, 15) is 9.59 Å². The maximum Gasteiger partial charge on any atom is 0.223 e. The van der Waals surface area contributed by atoms with Gasteiger partial charge >= 0.3 is 0 Å². The van der Waals surface area contributed by atoms with Gasteiger partial charge in [-0.3, -0.25) is 9.59 Å². The van der Waals surface area contributed by atoms with Crippen LogP contribution in [0.3, 0.4) is 0 Å². The molecule has 0 aliphatic carbocycles. The average molecular weight is 414 g/mol. The third kappa shape index (κ3) is 4.20. The highest BCUT2D eigenvalue weighted by Gasteiger charge is 2.39. The van der Waals surface area contributed by atoms with Gasteiger partial charge < -0.3 is 14.8 Å². The first-order valence-corrected chi connectivity index (χ1v) is 10.9. The predicted molar refractivity (Wildman–Crippen MR) is 114 cm³/mol. The van der Waals surface area contributed by atoms with E-state index in [1.54, 1.807) is 0 Å². The fourth-order valence-corrected chi connectivity index (χ4v) is 4.98. The minimum absolute atomic E-state index is 0.0775. The number of hydrogen-bond donors (Lipinski definition) is 1. The van der Waals surface area contributed by atoms with Gasteiger partial charge in [-0.25, -0.2) is 0 Å². The van der Waals surface area contributed by atoms with Gasteiger partial charge in [0.1, 0.15) is 0 Å². The molecule has 6 heteroatoms. The number of aromatic nitrogens is 1. The molecule has 0 bridgehead atoms. The van der Waals surface area contributed by atoms with Gasteiger partial charge in [0.15, 0.2) is 0 Å². The van der Waals surface area contributed by atoms with Crippen LogP contribution >= 0.6 is 11.6 Å². The van der Waals surface area contributed by atoms with Crippen molar-refractivity contribution in [2.24, 2.45) is 0 Å². The van der Waals surface area contributed by atoms with Crippen LogP contribution in [0.25, 0.3) is 0 Å². The Hall–Kier alpha value is -2.27. The Morgan fingerprint density at radius 2 is 2.03 bits per heavy atom. The van der Waals surface area contributed by atoms with Crippen LogP contribution in [0.15, 0.2) is 42.6 Å². The number of nitrogens with zero attached hydrogens (tertiary/aromatic N) is 2. The Balaban J connectivity index is 1.45. The fourth-order valence-electron chi connectivity index (χ4n) is 4.86. The molecule has 2 aliphatic rings. The second-order valence-electron chi connectivity index (χ2n) is 8.27. The molecule has 1 saturated heterocycles. The molecule has 0 radical (unpaired) electrons. The summed E-state index contributed by atoms with van der Waals surface area (Å²) in [4.78, 5) is 27.2. The number of halogens is 1. The number of carbonyl (C=O) groups is 2. The average Bonchev–Trinajstić information content (AvgIpc) is 3.34. The Labute approximate surface area is 177 Å². The van der Waals surface area contributed by atoms with E-state index in [2.05, 4.69) is 35.1 Å². The van der Waals surface area contributed by atoms with Crippen LogP contribution in [0.4, 0.5) is 0 Å². The Morgan fingerprint density at radius 1 is 1.24 bits per heavy atom. The van der Waals surface area contributed by atoms with Crippen molar-refractivity contribution in [1.29, 1.82) is 0 Å². The number of hydrogen-bond acceptors (Lipinski definition) is 2. The SMILES string of the molecule is CC[C@@H]1c2cccn2CCN1C(=O)CC[C@]1(Cc2ccc(Cl)cc2)CCC(=O)N1. The predicted octanol–water partition coefficient (Wildman–Crippen LogP) is 4.11. The first-order valence-electron chi connectivity index (χ1n) is 10.5. The lowest BCUT2D eigenvalue weighted by atomic mass is 9.84. The Bertz CT molecular complexity index is 892. The lowest BCUT2D eigenvalue weighted by Gasteiger charge is -2.37. The molecule has 1 fully saturated rings. The summed E-state index contributed by atoms with van der Waals surface area (Å²) in [6, 6.07) is 12.1. The largest absolute Gasteiger partial charge is 0.350 e. The standard InChI is InChI=1S/C23H28ClN3O2/c1-2-19-20-4-3-13-26(20)14-15-27(19)22(29)10-12-23(11-9-21(28)25-23)16-17-5-7-18(24)8-6-17/h3-8,13,19H,2,9-12,14-16H2,1H3,(H,25,28)/t19-,23+/m1/s1. The zero-order valence-corrected chi connectivity index (χ0v) is 17.6. The highest BCUT2D eigenvalue weighted by molar-refractivity contribution is 6.30. The van der Waals surface area contributed by atoms with Crippen LogP contribution < -0.4 is 5.32 Å². The van der Waals surface area contributed by atoms with Gasteiger partial charge in [-0.05, 0) is 55.5 Å². The van der Waals surface area contributed by atoms with Crippen molar-refractivity contribution in [1.82, 2.24) is 14.8 Å². The molecule has 2 aromatic rings. The summed E-state index contributed by atoms with van der Waals surface area (Å²) in [6.07, 6.45) is 6.12. The highest BCUT2D eigenvalue weighted by Crippen LogP contribution is 2.33. The highest BCUT2D eigenvalue weighted by atomic mass is 35.5. The van der Waals surface area contributed by atoms with Gasteiger partial charge in [0.2, 0.25) is 11.8 Å². The zero-order valence-electron chi connectivity index (χ0n) is 16.9. The minimum atomic E-state index is -0.349. The van der Waals surface area contributed by atoms with Crippen LogP contribution in [0.5, 0.6) is 0 Å². The molecule has 0 unspecified atom stereocenters. The third-order valence-electron chi connectivity index (χ3n) is 6.38. The van der Waals surface area contributed by atoms with E-state index in [0.29, 0.717) is 24.3 Å². The molecule has 0 spiro atoms. The summed E-state index contributed by atoms with van der Waals surface area (Å²) in [5.41, 5.74) is 2.00. The molecule has 3 heterocycles. The van der Waals surface area contributed by atoms with E-state index in [1.165, 1.54) is 5.69 Å². The maximum atomic E-state index is 13.2. The third-order valence-corrected chi connectivity index (χ3v) is 6.63. The molecule has 1 aromatic heterocycles. The molecule has 4 rings (SSSR count).